The van der Waals surface area contributed by atoms with Gasteiger partial charge in [-0.1, -0.05) is 0 Å². The van der Waals surface area contributed by atoms with Crippen LogP contribution in [0.15, 0.2) is 16.8 Å². The molecule has 0 radical (unpaired) electrons. The summed E-state index contributed by atoms with van der Waals surface area (Å²) in [6.07, 6.45) is 1.52. The van der Waals surface area contributed by atoms with Crippen molar-refractivity contribution >= 4 is 17.1 Å². The molecule has 1 saturated heterocycles. The second-order valence-electron chi connectivity index (χ2n) is 5.35. The van der Waals surface area contributed by atoms with Gasteiger partial charge in [-0.15, -0.1) is 0 Å². The second kappa shape index (κ2) is 5.95. The molecule has 18 heavy (non-hydrogen) atoms. The summed E-state index contributed by atoms with van der Waals surface area (Å²) in [4.78, 5) is 14.7. The van der Waals surface area contributed by atoms with Crippen molar-refractivity contribution in [2.45, 2.75) is 32.2 Å². The van der Waals surface area contributed by atoms with Gasteiger partial charge in [0.15, 0.2) is 5.78 Å². The highest BCUT2D eigenvalue weighted by molar-refractivity contribution is 7.07. The van der Waals surface area contributed by atoms with E-state index in [2.05, 4.69) is 40.9 Å². The lowest BCUT2D eigenvalue weighted by Gasteiger charge is -2.40. The molecule has 2 heterocycles. The van der Waals surface area contributed by atoms with Crippen LogP contribution in [0.25, 0.3) is 0 Å². The Bertz CT molecular complexity index is 381. The molecule has 0 atom stereocenters. The number of rotatable bonds is 5. The van der Waals surface area contributed by atoms with Crippen molar-refractivity contribution < 1.29 is 4.79 Å². The molecule has 1 aliphatic rings. The first-order valence-electron chi connectivity index (χ1n) is 6.61. The highest BCUT2D eigenvalue weighted by atomic mass is 32.1. The summed E-state index contributed by atoms with van der Waals surface area (Å²) in [6.45, 7) is 8.04. The number of nitrogens with zero attached hydrogens (tertiary/aromatic N) is 1. The zero-order chi connectivity index (χ0) is 13.0. The van der Waals surface area contributed by atoms with Crippen molar-refractivity contribution in [2.75, 3.05) is 26.2 Å². The Hall–Kier alpha value is -0.710. The van der Waals surface area contributed by atoms with Crippen LogP contribution in [0.1, 0.15) is 25.8 Å². The van der Waals surface area contributed by atoms with E-state index in [0.29, 0.717) is 12.2 Å². The Morgan fingerprint density at radius 2 is 2.17 bits per heavy atom. The predicted molar refractivity (Wildman–Crippen MR) is 76.2 cm³/mol. The molecule has 0 aromatic carbocycles. The van der Waals surface area contributed by atoms with E-state index >= 15 is 0 Å². The smallest absolute Gasteiger partial charge is 0.152 e. The molecular weight excluding hydrogens is 244 g/mol. The summed E-state index contributed by atoms with van der Waals surface area (Å²) in [5, 5.41) is 7.53. The summed E-state index contributed by atoms with van der Waals surface area (Å²) in [5.41, 5.74) is 0.961. The van der Waals surface area contributed by atoms with E-state index in [1.807, 2.05) is 0 Å². The first-order valence-corrected chi connectivity index (χ1v) is 7.55. The van der Waals surface area contributed by atoms with Crippen molar-refractivity contribution in [1.82, 2.24) is 10.2 Å². The van der Waals surface area contributed by atoms with Crippen molar-refractivity contribution in [3.63, 3.8) is 0 Å². The number of thiophene rings is 1. The minimum Gasteiger partial charge on any atom is -0.314 e. The number of aryl methyl sites for hydroxylation is 1. The van der Waals surface area contributed by atoms with Gasteiger partial charge in [-0.25, -0.2) is 0 Å². The Morgan fingerprint density at radius 1 is 1.44 bits per heavy atom. The van der Waals surface area contributed by atoms with E-state index < -0.39 is 0 Å². The minimum absolute atomic E-state index is 0.321. The molecule has 1 aromatic rings. The van der Waals surface area contributed by atoms with Crippen LogP contribution >= 0.6 is 11.3 Å². The molecule has 4 heteroatoms. The van der Waals surface area contributed by atoms with Crippen LogP contribution in [0.4, 0.5) is 0 Å². The van der Waals surface area contributed by atoms with Crippen molar-refractivity contribution in [2.24, 2.45) is 0 Å². The molecule has 0 bridgehead atoms. The van der Waals surface area contributed by atoms with Crippen LogP contribution in [0, 0.1) is 0 Å². The number of piperazine rings is 1. The fourth-order valence-corrected chi connectivity index (χ4v) is 3.10. The SMILES string of the molecule is CC(C)(C(=O)CCc1ccsc1)N1CCNCC1. The van der Waals surface area contributed by atoms with E-state index in [-0.39, 0.29) is 5.54 Å². The molecule has 0 aliphatic carbocycles. The van der Waals surface area contributed by atoms with Gasteiger partial charge < -0.3 is 5.32 Å². The number of carbonyl (C=O) groups is 1. The molecule has 2 rings (SSSR count). The number of nitrogens with one attached hydrogen (secondary N) is 1. The monoisotopic (exact) mass is 266 g/mol. The first kappa shape index (κ1) is 13.7. The molecule has 1 aromatic heterocycles. The average molecular weight is 266 g/mol. The van der Waals surface area contributed by atoms with Gasteiger partial charge in [-0.05, 0) is 42.7 Å². The van der Waals surface area contributed by atoms with E-state index in [1.165, 1.54) is 5.56 Å². The van der Waals surface area contributed by atoms with Crippen LogP contribution in [-0.4, -0.2) is 42.4 Å². The highest BCUT2D eigenvalue weighted by Gasteiger charge is 2.34. The maximum Gasteiger partial charge on any atom is 0.152 e. The van der Waals surface area contributed by atoms with Gasteiger partial charge in [-0.3, -0.25) is 9.69 Å². The van der Waals surface area contributed by atoms with E-state index in [9.17, 15) is 4.79 Å². The standard InChI is InChI=1S/C14H22N2OS/c1-14(2,16-8-6-15-7-9-16)13(17)4-3-12-5-10-18-11-12/h5,10-11,15H,3-4,6-9H2,1-2H3. The lowest BCUT2D eigenvalue weighted by Crippen LogP contribution is -2.57. The van der Waals surface area contributed by atoms with Gasteiger partial charge in [0.25, 0.3) is 0 Å². The topological polar surface area (TPSA) is 32.3 Å². The van der Waals surface area contributed by atoms with Gasteiger partial charge >= 0.3 is 0 Å². The minimum atomic E-state index is -0.321. The third-order valence-electron chi connectivity index (χ3n) is 3.81. The lowest BCUT2D eigenvalue weighted by molar-refractivity contribution is -0.129. The van der Waals surface area contributed by atoms with Gasteiger partial charge in [0.2, 0.25) is 0 Å². The Morgan fingerprint density at radius 3 is 2.78 bits per heavy atom. The Labute approximate surface area is 113 Å². The van der Waals surface area contributed by atoms with Crippen LogP contribution in [0.5, 0.6) is 0 Å². The molecular formula is C14H22N2OS. The van der Waals surface area contributed by atoms with Crippen LogP contribution < -0.4 is 5.32 Å². The summed E-state index contributed by atoms with van der Waals surface area (Å²) in [6, 6.07) is 2.11. The van der Waals surface area contributed by atoms with Crippen molar-refractivity contribution in [3.8, 4) is 0 Å². The largest absolute Gasteiger partial charge is 0.314 e. The number of hydrogen-bond acceptors (Lipinski definition) is 4. The number of hydrogen-bond donors (Lipinski definition) is 1. The molecule has 0 saturated carbocycles. The quantitative estimate of drug-likeness (QED) is 0.884. The van der Waals surface area contributed by atoms with Gasteiger partial charge in [-0.2, -0.15) is 11.3 Å². The fourth-order valence-electron chi connectivity index (χ4n) is 2.40. The number of carbonyl (C=O) groups excluding carboxylic acids is 1. The fraction of sp³-hybridized carbons (Fsp3) is 0.643. The van der Waals surface area contributed by atoms with Gasteiger partial charge in [0.1, 0.15) is 0 Å². The summed E-state index contributed by atoms with van der Waals surface area (Å²) >= 11 is 1.70. The van der Waals surface area contributed by atoms with Gasteiger partial charge in [0, 0.05) is 32.6 Å². The Balaban J connectivity index is 1.89. The van der Waals surface area contributed by atoms with E-state index in [1.54, 1.807) is 11.3 Å². The zero-order valence-electron chi connectivity index (χ0n) is 11.2. The first-order chi connectivity index (χ1) is 8.60. The number of Topliss-reactive ketones (excluding diaryl/α,β-unsaturated/α-hetero) is 1. The van der Waals surface area contributed by atoms with Crippen molar-refractivity contribution in [1.29, 1.82) is 0 Å². The Kier molecular flexibility index (Phi) is 4.54. The predicted octanol–water partition coefficient (Wildman–Crippen LogP) is 1.93. The molecule has 3 nitrogen and oxygen atoms in total. The summed E-state index contributed by atoms with van der Waals surface area (Å²) in [5.74, 6) is 0.357. The maximum atomic E-state index is 12.4. The lowest BCUT2D eigenvalue weighted by atomic mass is 9.92. The van der Waals surface area contributed by atoms with E-state index in [4.69, 9.17) is 0 Å². The normalized spacial score (nSPS) is 17.9. The maximum absolute atomic E-state index is 12.4. The molecule has 1 N–H and O–H groups in total. The molecule has 1 aliphatic heterocycles. The summed E-state index contributed by atoms with van der Waals surface area (Å²) in [7, 11) is 0. The van der Waals surface area contributed by atoms with E-state index in [0.717, 1.165) is 32.6 Å². The molecule has 100 valence electrons. The summed E-state index contributed by atoms with van der Waals surface area (Å²) < 4.78 is 0. The molecule has 0 amide bonds. The molecule has 0 unspecified atom stereocenters. The second-order valence-corrected chi connectivity index (χ2v) is 6.13. The van der Waals surface area contributed by atoms with Crippen LogP contribution in [0.2, 0.25) is 0 Å². The average Bonchev–Trinajstić information content (AvgIpc) is 2.90. The van der Waals surface area contributed by atoms with Crippen LogP contribution in [-0.2, 0) is 11.2 Å². The van der Waals surface area contributed by atoms with Crippen molar-refractivity contribution in [3.05, 3.63) is 22.4 Å². The molecule has 1 fully saturated rings. The number of ketones is 1. The zero-order valence-corrected chi connectivity index (χ0v) is 12.1. The van der Waals surface area contributed by atoms with Crippen LogP contribution in [0.3, 0.4) is 0 Å². The third-order valence-corrected chi connectivity index (χ3v) is 4.54. The highest BCUT2D eigenvalue weighted by Crippen LogP contribution is 2.19. The third kappa shape index (κ3) is 3.19. The van der Waals surface area contributed by atoms with Gasteiger partial charge in [0.05, 0.1) is 5.54 Å². The molecule has 0 spiro atoms.